The number of anilines is 3. The van der Waals surface area contributed by atoms with E-state index >= 15 is 0 Å². The number of nitrogens with two attached hydrogens (primary N) is 1. The van der Waals surface area contributed by atoms with Gasteiger partial charge in [-0.1, -0.05) is 23.0 Å². The second kappa shape index (κ2) is 7.22. The Hall–Kier alpha value is -3.96. The van der Waals surface area contributed by atoms with E-state index in [-0.39, 0.29) is 35.4 Å². The number of fused-ring (bicyclic) bond motifs is 1. The van der Waals surface area contributed by atoms with E-state index in [1.807, 2.05) is 30.3 Å². The van der Waals surface area contributed by atoms with Gasteiger partial charge in [0.2, 0.25) is 11.9 Å². The van der Waals surface area contributed by atoms with Gasteiger partial charge in [0.05, 0.1) is 5.56 Å². The molecule has 2 aromatic heterocycles. The zero-order chi connectivity index (χ0) is 20.4. The van der Waals surface area contributed by atoms with Crippen LogP contribution >= 0.6 is 0 Å². The quantitative estimate of drug-likeness (QED) is 0.523. The number of hydrogen-bond donors (Lipinski definition) is 2. The Morgan fingerprint density at radius 2 is 1.83 bits per heavy atom. The molecule has 0 aliphatic heterocycles. The number of nitrogen functional groups attached to an aromatic ring is 1. The van der Waals surface area contributed by atoms with Crippen molar-refractivity contribution in [2.75, 3.05) is 11.1 Å². The number of nitrogens with zero attached hydrogens (tertiary/aromatic N) is 6. The molecule has 0 amide bonds. The van der Waals surface area contributed by atoms with Crippen LogP contribution in [0.4, 0.5) is 30.8 Å². The monoisotopic (exact) mass is 402 g/mol. The molecular formula is C17H13F3N8O. The Kier molecular flexibility index (Phi) is 4.58. The number of halogens is 3. The predicted molar refractivity (Wildman–Crippen MR) is 96.8 cm³/mol. The van der Waals surface area contributed by atoms with Crippen molar-refractivity contribution in [2.24, 2.45) is 0 Å². The van der Waals surface area contributed by atoms with Gasteiger partial charge in [-0.05, 0) is 35.5 Å². The average molecular weight is 402 g/mol. The molecule has 4 aromatic rings. The molecule has 12 heteroatoms. The van der Waals surface area contributed by atoms with Crippen LogP contribution in [-0.2, 0) is 12.8 Å². The van der Waals surface area contributed by atoms with E-state index in [1.54, 1.807) is 0 Å². The third-order valence-electron chi connectivity index (χ3n) is 3.79. The van der Waals surface area contributed by atoms with Gasteiger partial charge in [-0.25, -0.2) is 0 Å². The van der Waals surface area contributed by atoms with Gasteiger partial charge >= 0.3 is 6.18 Å². The first-order valence-corrected chi connectivity index (χ1v) is 8.27. The first-order valence-electron chi connectivity index (χ1n) is 8.27. The Bertz CT molecular complexity index is 1150. The molecule has 0 unspecified atom stereocenters. The molecule has 0 aliphatic rings. The Balaban J connectivity index is 1.54. The van der Waals surface area contributed by atoms with Crippen LogP contribution < -0.4 is 15.9 Å². The first-order chi connectivity index (χ1) is 13.9. The van der Waals surface area contributed by atoms with Crippen molar-refractivity contribution >= 4 is 28.6 Å². The number of rotatable bonds is 5. The summed E-state index contributed by atoms with van der Waals surface area (Å²) in [5.41, 5.74) is 5.92. The lowest BCUT2D eigenvalue weighted by molar-refractivity contribution is -0.137. The molecule has 0 radical (unpaired) electrons. The third-order valence-corrected chi connectivity index (χ3v) is 3.79. The minimum Gasteiger partial charge on any atom is -0.387 e. The van der Waals surface area contributed by atoms with Crippen LogP contribution in [0.15, 0.2) is 48.5 Å². The minimum atomic E-state index is -4.50. The molecule has 0 atom stereocenters. The molecule has 9 nitrogen and oxygen atoms in total. The highest BCUT2D eigenvalue weighted by Crippen LogP contribution is 2.30. The van der Waals surface area contributed by atoms with Crippen LogP contribution in [-0.4, -0.2) is 30.1 Å². The first kappa shape index (κ1) is 18.4. The van der Waals surface area contributed by atoms with Gasteiger partial charge in [0, 0.05) is 5.69 Å². The van der Waals surface area contributed by atoms with Gasteiger partial charge in [-0.15, -0.1) is 5.10 Å². The molecule has 4 rings (SSSR count). The molecule has 2 aromatic carbocycles. The summed E-state index contributed by atoms with van der Waals surface area (Å²) < 4.78 is 38.8. The largest absolute Gasteiger partial charge is 0.416 e. The third kappa shape index (κ3) is 4.15. The molecule has 0 bridgehead atoms. The van der Waals surface area contributed by atoms with Crippen LogP contribution in [0.1, 0.15) is 11.4 Å². The van der Waals surface area contributed by atoms with Crippen molar-refractivity contribution in [3.63, 3.8) is 0 Å². The number of hydrogen-bond acceptors (Lipinski definition) is 8. The van der Waals surface area contributed by atoms with Crippen LogP contribution in [0.25, 0.3) is 11.0 Å². The van der Waals surface area contributed by atoms with E-state index in [4.69, 9.17) is 10.6 Å². The molecule has 0 spiro atoms. The van der Waals surface area contributed by atoms with E-state index in [1.165, 1.54) is 6.07 Å². The standard InChI is InChI=1S/C17H13F3N8O/c18-17(19,20)10-6-7-12-13(8-10)28(27-26-12)29-9-14-23-15(21)25-16(24-14)22-11-4-2-1-3-5-11/h1-8H,9H2,(H3,21,22,23,24,25). The number of aromatic nitrogens is 6. The fraction of sp³-hybridized carbons (Fsp3) is 0.118. The maximum Gasteiger partial charge on any atom is 0.416 e. The van der Waals surface area contributed by atoms with Gasteiger partial charge in [0.25, 0.3) is 0 Å². The van der Waals surface area contributed by atoms with Gasteiger partial charge < -0.3 is 15.9 Å². The van der Waals surface area contributed by atoms with Crippen molar-refractivity contribution < 1.29 is 18.0 Å². The highest BCUT2D eigenvalue weighted by atomic mass is 19.4. The Morgan fingerprint density at radius 1 is 1.03 bits per heavy atom. The summed E-state index contributed by atoms with van der Waals surface area (Å²) in [4.78, 5) is 18.4. The van der Waals surface area contributed by atoms with E-state index in [0.717, 1.165) is 22.7 Å². The maximum atomic E-state index is 12.9. The summed E-state index contributed by atoms with van der Waals surface area (Å²) in [5, 5.41) is 10.5. The van der Waals surface area contributed by atoms with E-state index < -0.39 is 11.7 Å². The van der Waals surface area contributed by atoms with Crippen LogP contribution in [0.5, 0.6) is 0 Å². The van der Waals surface area contributed by atoms with Crippen molar-refractivity contribution in [3.05, 3.63) is 59.9 Å². The van der Waals surface area contributed by atoms with Gasteiger partial charge in [-0.3, -0.25) is 0 Å². The molecule has 0 saturated carbocycles. The fourth-order valence-corrected chi connectivity index (χ4v) is 2.50. The molecular weight excluding hydrogens is 389 g/mol. The summed E-state index contributed by atoms with van der Waals surface area (Å²) in [6.45, 7) is -0.217. The number of nitrogens with one attached hydrogen (secondary N) is 1. The Labute approximate surface area is 161 Å². The summed E-state index contributed by atoms with van der Waals surface area (Å²) in [6, 6.07) is 12.2. The molecule has 0 fully saturated rings. The predicted octanol–water partition coefficient (Wildman–Crippen LogP) is 2.59. The molecule has 29 heavy (non-hydrogen) atoms. The van der Waals surface area contributed by atoms with E-state index in [9.17, 15) is 13.2 Å². The maximum absolute atomic E-state index is 12.9. The zero-order valence-electron chi connectivity index (χ0n) is 14.6. The minimum absolute atomic E-state index is 0.0418. The molecule has 0 aliphatic carbocycles. The highest BCUT2D eigenvalue weighted by molar-refractivity contribution is 5.74. The lowest BCUT2D eigenvalue weighted by Gasteiger charge is -2.09. The van der Waals surface area contributed by atoms with Crippen LogP contribution in [0.2, 0.25) is 0 Å². The number of para-hydroxylation sites is 1. The smallest absolute Gasteiger partial charge is 0.387 e. The van der Waals surface area contributed by atoms with Crippen LogP contribution in [0, 0.1) is 0 Å². The molecule has 3 N–H and O–H groups in total. The normalized spacial score (nSPS) is 11.6. The van der Waals surface area contributed by atoms with E-state index in [0.29, 0.717) is 0 Å². The van der Waals surface area contributed by atoms with Crippen LogP contribution in [0.3, 0.4) is 0 Å². The highest BCUT2D eigenvalue weighted by Gasteiger charge is 2.31. The van der Waals surface area contributed by atoms with Crippen molar-refractivity contribution in [1.29, 1.82) is 0 Å². The van der Waals surface area contributed by atoms with Gasteiger partial charge in [-0.2, -0.15) is 28.1 Å². The topological polar surface area (TPSA) is 117 Å². The molecule has 148 valence electrons. The van der Waals surface area contributed by atoms with Crippen molar-refractivity contribution in [2.45, 2.75) is 12.8 Å². The second-order valence-corrected chi connectivity index (χ2v) is 5.86. The van der Waals surface area contributed by atoms with Gasteiger partial charge in [0.1, 0.15) is 11.0 Å². The summed E-state index contributed by atoms with van der Waals surface area (Å²) >= 11 is 0. The molecule has 0 saturated heterocycles. The Morgan fingerprint density at radius 3 is 2.59 bits per heavy atom. The molecule has 2 heterocycles. The summed E-state index contributed by atoms with van der Waals surface area (Å²) in [5.74, 6) is 0.316. The van der Waals surface area contributed by atoms with Gasteiger partial charge in [0.15, 0.2) is 12.4 Å². The van der Waals surface area contributed by atoms with Crippen molar-refractivity contribution in [3.8, 4) is 0 Å². The summed E-state index contributed by atoms with van der Waals surface area (Å²) in [7, 11) is 0. The van der Waals surface area contributed by atoms with E-state index in [2.05, 4.69) is 30.6 Å². The fourth-order valence-electron chi connectivity index (χ4n) is 2.50. The second-order valence-electron chi connectivity index (χ2n) is 5.86. The number of benzene rings is 2. The average Bonchev–Trinajstić information content (AvgIpc) is 3.08. The SMILES string of the molecule is Nc1nc(COn2nnc3ccc(C(F)(F)F)cc32)nc(Nc2ccccc2)n1. The number of alkyl halides is 3. The lowest BCUT2D eigenvalue weighted by Crippen LogP contribution is -2.16. The zero-order valence-corrected chi connectivity index (χ0v) is 14.6. The summed E-state index contributed by atoms with van der Waals surface area (Å²) in [6.07, 6.45) is -4.50. The lowest BCUT2D eigenvalue weighted by atomic mass is 10.2. The van der Waals surface area contributed by atoms with Crippen molar-refractivity contribution in [1.82, 2.24) is 30.1 Å².